The van der Waals surface area contributed by atoms with E-state index in [-0.39, 0.29) is 12.2 Å². The zero-order valence-electron chi connectivity index (χ0n) is 11.9. The Hall–Kier alpha value is -1.70. The molecule has 3 N–H and O–H groups in total. The van der Waals surface area contributed by atoms with E-state index in [1.54, 1.807) is 12.1 Å². The molecular weight excluding hydrogens is 274 g/mol. The number of carbonyl (C=O) groups is 1. The first-order valence-corrected chi connectivity index (χ1v) is 7.18. The van der Waals surface area contributed by atoms with Crippen LogP contribution in [0.3, 0.4) is 0 Å². The number of hydrogen-bond donors (Lipinski definition) is 3. The number of aliphatic hydroxyl groups excluding tert-OH is 1. The van der Waals surface area contributed by atoms with Gasteiger partial charge in [-0.2, -0.15) is 0 Å². The van der Waals surface area contributed by atoms with E-state index < -0.39 is 12.0 Å². The highest BCUT2D eigenvalue weighted by Gasteiger charge is 2.16. The van der Waals surface area contributed by atoms with Crippen LogP contribution >= 0.6 is 0 Å². The molecule has 0 radical (unpaired) electrons. The Morgan fingerprint density at radius 3 is 2.90 bits per heavy atom. The van der Waals surface area contributed by atoms with Crippen molar-refractivity contribution in [3.63, 3.8) is 0 Å². The summed E-state index contributed by atoms with van der Waals surface area (Å²) in [5.74, 6) is -0.469. The number of nitrogens with one attached hydrogen (secondary N) is 1. The molecule has 2 rings (SSSR count). The van der Waals surface area contributed by atoms with Crippen LogP contribution in [-0.4, -0.2) is 53.5 Å². The number of rotatable bonds is 6. The van der Waals surface area contributed by atoms with E-state index in [4.69, 9.17) is 4.84 Å². The van der Waals surface area contributed by atoms with Gasteiger partial charge in [-0.05, 0) is 32.0 Å². The highest BCUT2D eigenvalue weighted by molar-refractivity contribution is 5.92. The molecule has 1 aromatic heterocycles. The fourth-order valence-electron chi connectivity index (χ4n) is 2.35. The minimum absolute atomic E-state index is 0.0359. The first-order chi connectivity index (χ1) is 10.1. The highest BCUT2D eigenvalue weighted by atomic mass is 16.7. The SMILES string of the molecule is O=C(NOC[C@H](O)CN1CCCCC1)c1ccc[n+](O)c1. The number of amides is 1. The number of carbonyl (C=O) groups excluding carboxylic acids is 1. The van der Waals surface area contributed by atoms with Crippen molar-refractivity contribution < 1.29 is 24.7 Å². The molecule has 7 nitrogen and oxygen atoms in total. The van der Waals surface area contributed by atoms with Gasteiger partial charge in [0.25, 0.3) is 5.91 Å². The Morgan fingerprint density at radius 2 is 2.19 bits per heavy atom. The van der Waals surface area contributed by atoms with Crippen LogP contribution in [0, 0.1) is 0 Å². The van der Waals surface area contributed by atoms with Crippen LogP contribution in [0.25, 0.3) is 0 Å². The molecule has 1 amide bonds. The Kier molecular flexibility index (Phi) is 5.91. The number of pyridine rings is 1. The molecule has 0 unspecified atom stereocenters. The summed E-state index contributed by atoms with van der Waals surface area (Å²) in [4.78, 5) is 18.9. The van der Waals surface area contributed by atoms with E-state index in [1.165, 1.54) is 31.7 Å². The molecule has 1 atom stereocenters. The summed E-state index contributed by atoms with van der Waals surface area (Å²) in [5, 5.41) is 19.1. The average molecular weight is 296 g/mol. The molecule has 1 aliphatic heterocycles. The molecule has 1 fully saturated rings. The third-order valence-corrected chi connectivity index (χ3v) is 3.41. The first kappa shape index (κ1) is 15.7. The molecule has 7 heteroatoms. The molecule has 1 saturated heterocycles. The number of hydrogen-bond acceptors (Lipinski definition) is 5. The summed E-state index contributed by atoms with van der Waals surface area (Å²) in [6, 6.07) is 3.09. The summed E-state index contributed by atoms with van der Waals surface area (Å²) in [6.45, 7) is 2.60. The molecule has 0 saturated carbocycles. The molecule has 2 heterocycles. The van der Waals surface area contributed by atoms with E-state index in [9.17, 15) is 15.1 Å². The van der Waals surface area contributed by atoms with Crippen molar-refractivity contribution in [2.75, 3.05) is 26.2 Å². The standard InChI is InChI=1S/C14H21N3O4/c18-13(10-16-6-2-1-3-7-16)11-21-15-14(19)12-5-4-8-17(20)9-12/h4-5,8-9,13,18H,1-3,6-7,10-11H2,(H-,15,19,20)/p+1/t13-/m1/s1. The lowest BCUT2D eigenvalue weighted by molar-refractivity contribution is -0.904. The number of aliphatic hydroxyl groups is 1. The third-order valence-electron chi connectivity index (χ3n) is 3.41. The van der Waals surface area contributed by atoms with Crippen molar-refractivity contribution in [2.24, 2.45) is 0 Å². The van der Waals surface area contributed by atoms with Crippen molar-refractivity contribution in [3.05, 3.63) is 30.1 Å². The lowest BCUT2D eigenvalue weighted by atomic mass is 10.1. The van der Waals surface area contributed by atoms with Crippen molar-refractivity contribution in [1.82, 2.24) is 10.4 Å². The predicted molar refractivity (Wildman–Crippen MR) is 73.5 cm³/mol. The van der Waals surface area contributed by atoms with Crippen LogP contribution in [0.1, 0.15) is 29.6 Å². The minimum atomic E-state index is -0.637. The van der Waals surface area contributed by atoms with Gasteiger partial charge in [-0.25, -0.2) is 5.48 Å². The average Bonchev–Trinajstić information content (AvgIpc) is 2.48. The molecule has 0 bridgehead atoms. The lowest BCUT2D eigenvalue weighted by Gasteiger charge is -2.28. The first-order valence-electron chi connectivity index (χ1n) is 7.18. The van der Waals surface area contributed by atoms with Gasteiger partial charge < -0.3 is 10.0 Å². The predicted octanol–water partition coefficient (Wildman–Crippen LogP) is -0.280. The summed E-state index contributed by atoms with van der Waals surface area (Å²) in [5.41, 5.74) is 2.52. The summed E-state index contributed by atoms with van der Waals surface area (Å²) in [6.07, 6.45) is 5.62. The largest absolute Gasteiger partial charge is 0.389 e. The van der Waals surface area contributed by atoms with Gasteiger partial charge in [0.05, 0.1) is 6.10 Å². The van der Waals surface area contributed by atoms with E-state index in [2.05, 4.69) is 10.4 Å². The van der Waals surface area contributed by atoms with E-state index >= 15 is 0 Å². The highest BCUT2D eigenvalue weighted by Crippen LogP contribution is 2.08. The van der Waals surface area contributed by atoms with Gasteiger partial charge in [-0.15, -0.1) is 0 Å². The third kappa shape index (κ3) is 5.30. The molecule has 1 aliphatic rings. The molecule has 0 aromatic carbocycles. The second-order valence-electron chi connectivity index (χ2n) is 5.23. The fourth-order valence-corrected chi connectivity index (χ4v) is 2.35. The van der Waals surface area contributed by atoms with Crippen LogP contribution in [0.5, 0.6) is 0 Å². The topological polar surface area (TPSA) is 85.9 Å². The van der Waals surface area contributed by atoms with Crippen LogP contribution in [0.2, 0.25) is 0 Å². The van der Waals surface area contributed by atoms with Gasteiger partial charge >= 0.3 is 0 Å². The van der Waals surface area contributed by atoms with Crippen LogP contribution in [0.4, 0.5) is 0 Å². The van der Waals surface area contributed by atoms with E-state index in [1.807, 2.05) is 0 Å². The van der Waals surface area contributed by atoms with E-state index in [0.717, 1.165) is 17.8 Å². The maximum absolute atomic E-state index is 11.7. The zero-order valence-corrected chi connectivity index (χ0v) is 11.9. The van der Waals surface area contributed by atoms with Crippen molar-refractivity contribution in [3.8, 4) is 0 Å². The Morgan fingerprint density at radius 1 is 1.43 bits per heavy atom. The van der Waals surface area contributed by atoms with Gasteiger partial charge in [-0.1, -0.05) is 6.42 Å². The van der Waals surface area contributed by atoms with Crippen molar-refractivity contribution in [1.29, 1.82) is 0 Å². The Balaban J connectivity index is 1.67. The number of likely N-dealkylation sites (tertiary alicyclic amines) is 1. The number of nitrogens with zero attached hydrogens (tertiary/aromatic N) is 2. The van der Waals surface area contributed by atoms with Gasteiger partial charge in [0.1, 0.15) is 12.2 Å². The van der Waals surface area contributed by atoms with Gasteiger partial charge in [-0.3, -0.25) is 14.8 Å². The smallest absolute Gasteiger partial charge is 0.281 e. The molecule has 0 aliphatic carbocycles. The Labute approximate surface area is 123 Å². The zero-order chi connectivity index (χ0) is 15.1. The lowest BCUT2D eigenvalue weighted by Crippen LogP contribution is -2.39. The molecule has 21 heavy (non-hydrogen) atoms. The maximum atomic E-state index is 11.7. The summed E-state index contributed by atoms with van der Waals surface area (Å²) in [7, 11) is 0. The minimum Gasteiger partial charge on any atom is -0.389 e. The monoisotopic (exact) mass is 296 g/mol. The number of piperidine rings is 1. The van der Waals surface area contributed by atoms with Crippen molar-refractivity contribution in [2.45, 2.75) is 25.4 Å². The number of hydroxylamine groups is 1. The van der Waals surface area contributed by atoms with Gasteiger partial charge in [0.2, 0.25) is 12.4 Å². The summed E-state index contributed by atoms with van der Waals surface area (Å²) < 4.78 is 0.792. The number of aromatic nitrogens is 1. The van der Waals surface area contributed by atoms with Gasteiger partial charge in [0.15, 0.2) is 0 Å². The second-order valence-corrected chi connectivity index (χ2v) is 5.23. The molecule has 116 valence electrons. The molecular formula is C14H22N3O4+. The van der Waals surface area contributed by atoms with Gasteiger partial charge in [0, 0.05) is 17.3 Å². The quantitative estimate of drug-likeness (QED) is 0.382. The maximum Gasteiger partial charge on any atom is 0.281 e. The summed E-state index contributed by atoms with van der Waals surface area (Å²) >= 11 is 0. The normalized spacial score (nSPS) is 17.4. The van der Waals surface area contributed by atoms with Crippen LogP contribution in [-0.2, 0) is 4.84 Å². The van der Waals surface area contributed by atoms with Crippen LogP contribution in [0.15, 0.2) is 24.5 Å². The molecule has 0 spiro atoms. The van der Waals surface area contributed by atoms with Crippen molar-refractivity contribution >= 4 is 5.91 Å². The Bertz CT molecular complexity index is 463. The second kappa shape index (κ2) is 7.92. The van der Waals surface area contributed by atoms with Crippen LogP contribution < -0.4 is 10.2 Å². The number of β-amino-alcohol motifs (C(OH)–C–C–N with tert-alkyl or cyclic N) is 1. The molecule has 1 aromatic rings. The van der Waals surface area contributed by atoms with E-state index in [0.29, 0.717) is 6.54 Å². The fraction of sp³-hybridized carbons (Fsp3) is 0.571.